The Balaban J connectivity index is 1.93. The van der Waals surface area contributed by atoms with Crippen LogP contribution < -0.4 is 11.1 Å². The largest absolute Gasteiger partial charge is 0.466 e. The van der Waals surface area contributed by atoms with Crippen molar-refractivity contribution in [3.63, 3.8) is 0 Å². The lowest BCUT2D eigenvalue weighted by molar-refractivity contribution is -0.148. The van der Waals surface area contributed by atoms with Crippen LogP contribution in [0.25, 0.3) is 10.9 Å². The van der Waals surface area contributed by atoms with E-state index in [-0.39, 0.29) is 11.9 Å². The highest BCUT2D eigenvalue weighted by Gasteiger charge is 2.27. The van der Waals surface area contributed by atoms with Crippen LogP contribution in [0.5, 0.6) is 0 Å². The van der Waals surface area contributed by atoms with Crippen LogP contribution in [-0.2, 0) is 16.1 Å². The topological polar surface area (TPSA) is 82.2 Å². The first-order valence-corrected chi connectivity index (χ1v) is 6.35. The fourth-order valence-electron chi connectivity index (χ4n) is 2.38. The Bertz CT molecular complexity index is 635. The average Bonchev–Trinajstić information content (AvgIpc) is 2.75. The fourth-order valence-corrected chi connectivity index (χ4v) is 2.38. The molecule has 0 fully saturated rings. The number of nitrogens with one attached hydrogen (secondary N) is 1. The summed E-state index contributed by atoms with van der Waals surface area (Å²) in [4.78, 5) is 11.8. The minimum absolute atomic E-state index is 0.181. The highest BCUT2D eigenvalue weighted by molar-refractivity contribution is 5.92. The van der Waals surface area contributed by atoms with Gasteiger partial charge in [0.05, 0.1) is 24.6 Å². The number of rotatable bonds is 2. The molecule has 1 unspecified atom stereocenters. The van der Waals surface area contributed by atoms with Crippen LogP contribution in [0.3, 0.4) is 0 Å². The number of carbonyl (C=O) groups excluding carboxylic acids is 1. The van der Waals surface area contributed by atoms with Gasteiger partial charge in [0.1, 0.15) is 5.82 Å². The van der Waals surface area contributed by atoms with Crippen molar-refractivity contribution in [2.75, 3.05) is 24.2 Å². The van der Waals surface area contributed by atoms with Crippen LogP contribution in [0, 0.1) is 5.92 Å². The first kappa shape index (κ1) is 11.8. The number of anilines is 2. The molecule has 19 heavy (non-hydrogen) atoms. The van der Waals surface area contributed by atoms with E-state index in [0.29, 0.717) is 25.4 Å². The van der Waals surface area contributed by atoms with Crippen molar-refractivity contribution in [1.82, 2.24) is 9.78 Å². The van der Waals surface area contributed by atoms with E-state index in [1.807, 2.05) is 29.8 Å². The quantitative estimate of drug-likeness (QED) is 0.626. The van der Waals surface area contributed by atoms with Crippen molar-refractivity contribution in [2.24, 2.45) is 5.92 Å². The van der Waals surface area contributed by atoms with E-state index < -0.39 is 0 Å². The van der Waals surface area contributed by atoms with Gasteiger partial charge in [0.2, 0.25) is 0 Å². The molecule has 100 valence electrons. The summed E-state index contributed by atoms with van der Waals surface area (Å²) in [5, 5.41) is 8.75. The van der Waals surface area contributed by atoms with Crippen LogP contribution >= 0.6 is 0 Å². The standard InChI is InChI=1S/C13H16N4O2/c1-2-19-13(18)8-6-15-12-10-4-3-9(14)5-11(10)16-17(12)7-8/h3-5,8,15H,2,6-7,14H2,1H3. The third-order valence-corrected chi connectivity index (χ3v) is 3.29. The van der Waals surface area contributed by atoms with Crippen molar-refractivity contribution in [3.05, 3.63) is 18.2 Å². The Morgan fingerprint density at radius 1 is 1.63 bits per heavy atom. The number of carbonyl (C=O) groups is 1. The van der Waals surface area contributed by atoms with Crippen molar-refractivity contribution >= 4 is 28.4 Å². The van der Waals surface area contributed by atoms with Gasteiger partial charge in [-0.2, -0.15) is 5.10 Å². The number of nitrogens with zero attached hydrogens (tertiary/aromatic N) is 2. The molecule has 0 amide bonds. The third kappa shape index (κ3) is 1.99. The second-order valence-electron chi connectivity index (χ2n) is 4.64. The molecule has 1 aliphatic heterocycles. The highest BCUT2D eigenvalue weighted by atomic mass is 16.5. The Morgan fingerprint density at radius 2 is 2.47 bits per heavy atom. The number of hydrogen-bond acceptors (Lipinski definition) is 5. The molecule has 1 aromatic carbocycles. The van der Waals surface area contributed by atoms with Gasteiger partial charge in [0, 0.05) is 17.6 Å². The molecule has 2 heterocycles. The van der Waals surface area contributed by atoms with E-state index in [1.54, 1.807) is 0 Å². The summed E-state index contributed by atoms with van der Waals surface area (Å²) in [5.41, 5.74) is 7.28. The van der Waals surface area contributed by atoms with Crippen molar-refractivity contribution < 1.29 is 9.53 Å². The van der Waals surface area contributed by atoms with Gasteiger partial charge in [-0.3, -0.25) is 4.79 Å². The predicted octanol–water partition coefficient (Wildman–Crippen LogP) is 1.22. The molecule has 1 atom stereocenters. The molecule has 0 radical (unpaired) electrons. The summed E-state index contributed by atoms with van der Waals surface area (Å²) < 4.78 is 6.86. The SMILES string of the molecule is CCOC(=O)C1CNc2c3ccc(N)cc3nn2C1. The summed E-state index contributed by atoms with van der Waals surface area (Å²) in [5.74, 6) is 0.564. The van der Waals surface area contributed by atoms with Gasteiger partial charge < -0.3 is 15.8 Å². The number of ether oxygens (including phenoxy) is 1. The molecule has 0 saturated heterocycles. The van der Waals surface area contributed by atoms with Crippen molar-refractivity contribution in [1.29, 1.82) is 0 Å². The van der Waals surface area contributed by atoms with Crippen LogP contribution in [0.15, 0.2) is 18.2 Å². The van der Waals surface area contributed by atoms with Crippen molar-refractivity contribution in [3.8, 4) is 0 Å². The van der Waals surface area contributed by atoms with Gasteiger partial charge in [0.25, 0.3) is 0 Å². The lowest BCUT2D eigenvalue weighted by atomic mass is 10.1. The first-order chi connectivity index (χ1) is 9.19. The maximum Gasteiger partial charge on any atom is 0.312 e. The number of nitrogen functional groups attached to an aromatic ring is 1. The summed E-state index contributed by atoms with van der Waals surface area (Å²) in [7, 11) is 0. The smallest absolute Gasteiger partial charge is 0.312 e. The zero-order valence-electron chi connectivity index (χ0n) is 10.7. The number of aromatic nitrogens is 2. The van der Waals surface area contributed by atoms with Gasteiger partial charge in [-0.15, -0.1) is 0 Å². The average molecular weight is 260 g/mol. The minimum atomic E-state index is -0.195. The van der Waals surface area contributed by atoms with Crippen molar-refractivity contribution in [2.45, 2.75) is 13.5 Å². The second-order valence-corrected chi connectivity index (χ2v) is 4.64. The lowest BCUT2D eigenvalue weighted by Crippen LogP contribution is -2.34. The second kappa shape index (κ2) is 4.46. The van der Waals surface area contributed by atoms with E-state index in [2.05, 4.69) is 10.4 Å². The van der Waals surface area contributed by atoms with E-state index >= 15 is 0 Å². The van der Waals surface area contributed by atoms with Crippen LogP contribution in [0.1, 0.15) is 6.92 Å². The Labute approximate surface area is 110 Å². The Morgan fingerprint density at radius 3 is 3.26 bits per heavy atom. The normalized spacial score (nSPS) is 17.8. The van der Waals surface area contributed by atoms with Crippen LogP contribution in [0.2, 0.25) is 0 Å². The number of nitrogens with two attached hydrogens (primary N) is 1. The maximum absolute atomic E-state index is 11.8. The van der Waals surface area contributed by atoms with E-state index in [9.17, 15) is 4.79 Å². The highest BCUT2D eigenvalue weighted by Crippen LogP contribution is 2.28. The predicted molar refractivity (Wildman–Crippen MR) is 72.8 cm³/mol. The summed E-state index contributed by atoms with van der Waals surface area (Å²) >= 11 is 0. The molecule has 6 nitrogen and oxygen atoms in total. The molecule has 2 aromatic rings. The molecule has 1 aromatic heterocycles. The van der Waals surface area contributed by atoms with Gasteiger partial charge in [-0.25, -0.2) is 4.68 Å². The molecule has 0 aliphatic carbocycles. The molecular formula is C13H16N4O2. The van der Waals surface area contributed by atoms with E-state index in [4.69, 9.17) is 10.5 Å². The van der Waals surface area contributed by atoms with Gasteiger partial charge >= 0.3 is 5.97 Å². The van der Waals surface area contributed by atoms with Gasteiger partial charge in [-0.05, 0) is 25.1 Å². The molecule has 3 rings (SSSR count). The number of benzene rings is 1. The maximum atomic E-state index is 11.8. The number of fused-ring (bicyclic) bond motifs is 3. The number of hydrogen-bond donors (Lipinski definition) is 2. The van der Waals surface area contributed by atoms with Gasteiger partial charge in [0.15, 0.2) is 0 Å². The molecule has 0 saturated carbocycles. The first-order valence-electron chi connectivity index (χ1n) is 6.35. The molecule has 1 aliphatic rings. The molecule has 6 heteroatoms. The summed E-state index contributed by atoms with van der Waals surface area (Å²) in [6.07, 6.45) is 0. The summed E-state index contributed by atoms with van der Waals surface area (Å²) in [6.45, 7) is 3.32. The zero-order chi connectivity index (χ0) is 13.4. The van der Waals surface area contributed by atoms with E-state index in [1.165, 1.54) is 0 Å². The molecule has 0 spiro atoms. The zero-order valence-corrected chi connectivity index (χ0v) is 10.7. The monoisotopic (exact) mass is 260 g/mol. The van der Waals surface area contributed by atoms with Gasteiger partial charge in [-0.1, -0.05) is 0 Å². The molecule has 0 bridgehead atoms. The number of esters is 1. The molecular weight excluding hydrogens is 244 g/mol. The summed E-state index contributed by atoms with van der Waals surface area (Å²) in [6, 6.07) is 5.63. The lowest BCUT2D eigenvalue weighted by Gasteiger charge is -2.23. The molecule has 3 N–H and O–H groups in total. The van der Waals surface area contributed by atoms with E-state index in [0.717, 1.165) is 16.7 Å². The third-order valence-electron chi connectivity index (χ3n) is 3.29. The Kier molecular flexibility index (Phi) is 2.77. The fraction of sp³-hybridized carbons (Fsp3) is 0.385. The van der Waals surface area contributed by atoms with Crippen LogP contribution in [-0.4, -0.2) is 28.9 Å². The van der Waals surface area contributed by atoms with Crippen LogP contribution in [0.4, 0.5) is 11.5 Å². The minimum Gasteiger partial charge on any atom is -0.466 e. The Hall–Kier alpha value is -2.24.